The summed E-state index contributed by atoms with van der Waals surface area (Å²) in [6, 6.07) is 3.96. The van der Waals surface area contributed by atoms with Crippen LogP contribution in [0.5, 0.6) is 0 Å². The fourth-order valence-electron chi connectivity index (χ4n) is 1.35. The summed E-state index contributed by atoms with van der Waals surface area (Å²) in [5.41, 5.74) is -0.155. The van der Waals surface area contributed by atoms with Gasteiger partial charge in [-0.05, 0) is 12.1 Å². The number of benzene rings is 1. The molecule has 0 bridgehead atoms. The molecule has 0 unspecified atom stereocenters. The summed E-state index contributed by atoms with van der Waals surface area (Å²) < 4.78 is 0. The Bertz CT molecular complexity index is 634. The van der Waals surface area contributed by atoms with Gasteiger partial charge in [0.1, 0.15) is 12.0 Å². The fourth-order valence-corrected chi connectivity index (χ4v) is 2.10. The highest BCUT2D eigenvalue weighted by atomic mass is 35.5. The molecule has 0 aliphatic carbocycles. The number of halogens is 1. The number of H-pyrrole nitrogens is 1. The van der Waals surface area contributed by atoms with E-state index in [1.807, 2.05) is 0 Å². The zero-order valence-electron chi connectivity index (χ0n) is 9.87. The summed E-state index contributed by atoms with van der Waals surface area (Å²) >= 11 is 6.89. The third-order valence-corrected chi connectivity index (χ3v) is 3.27. The zero-order chi connectivity index (χ0) is 14.5. The summed E-state index contributed by atoms with van der Waals surface area (Å²) in [4.78, 5) is 25.8. The number of hydrogen-bond acceptors (Lipinski definition) is 6. The van der Waals surface area contributed by atoms with Gasteiger partial charge in [-0.3, -0.25) is 20.0 Å². The summed E-state index contributed by atoms with van der Waals surface area (Å²) in [6.45, 7) is 0. The Morgan fingerprint density at radius 2 is 2.35 bits per heavy atom. The first kappa shape index (κ1) is 14.3. The van der Waals surface area contributed by atoms with Crippen molar-refractivity contribution in [3.05, 3.63) is 39.7 Å². The first-order valence-corrected chi connectivity index (χ1v) is 6.64. The molecule has 1 aromatic heterocycles. The predicted molar refractivity (Wildman–Crippen MR) is 73.8 cm³/mol. The molecule has 1 amide bonds. The summed E-state index contributed by atoms with van der Waals surface area (Å²) in [5.74, 6) is -0.365. The van der Waals surface area contributed by atoms with Gasteiger partial charge in [-0.25, -0.2) is 4.98 Å². The second-order valence-corrected chi connectivity index (χ2v) is 4.95. The van der Waals surface area contributed by atoms with E-state index in [4.69, 9.17) is 11.6 Å². The molecule has 20 heavy (non-hydrogen) atoms. The smallest absolute Gasteiger partial charge is 0.292 e. The minimum Gasteiger partial charge on any atom is -0.320 e. The highest BCUT2D eigenvalue weighted by molar-refractivity contribution is 7.99. The zero-order valence-corrected chi connectivity index (χ0v) is 11.4. The maximum absolute atomic E-state index is 11.7. The van der Waals surface area contributed by atoms with Crippen LogP contribution in [0.15, 0.2) is 29.7 Å². The molecule has 8 nitrogen and oxygen atoms in total. The van der Waals surface area contributed by atoms with E-state index in [0.29, 0.717) is 10.2 Å². The second kappa shape index (κ2) is 6.35. The van der Waals surface area contributed by atoms with Crippen LogP contribution in [0.25, 0.3) is 0 Å². The van der Waals surface area contributed by atoms with Crippen LogP contribution in [0.3, 0.4) is 0 Å². The lowest BCUT2D eigenvalue weighted by Gasteiger charge is -2.05. The molecule has 2 rings (SSSR count). The van der Waals surface area contributed by atoms with Gasteiger partial charge in [-0.1, -0.05) is 23.4 Å². The van der Waals surface area contributed by atoms with E-state index < -0.39 is 10.8 Å². The van der Waals surface area contributed by atoms with E-state index in [1.54, 1.807) is 0 Å². The van der Waals surface area contributed by atoms with Crippen LogP contribution in [0.1, 0.15) is 0 Å². The average molecular weight is 314 g/mol. The lowest BCUT2D eigenvalue weighted by atomic mass is 10.2. The molecular formula is C10H8ClN5O3S. The Labute approximate surface area is 122 Å². The molecule has 0 fully saturated rings. The molecular weight excluding hydrogens is 306 g/mol. The lowest BCUT2D eigenvalue weighted by Crippen LogP contribution is -2.15. The van der Waals surface area contributed by atoms with E-state index in [0.717, 1.165) is 11.8 Å². The van der Waals surface area contributed by atoms with Crippen molar-refractivity contribution in [2.24, 2.45) is 0 Å². The molecule has 0 aliphatic heterocycles. The largest absolute Gasteiger partial charge is 0.320 e. The highest BCUT2D eigenvalue weighted by Crippen LogP contribution is 2.27. The number of aromatic nitrogens is 3. The van der Waals surface area contributed by atoms with Crippen molar-refractivity contribution in [3.63, 3.8) is 0 Å². The molecule has 0 saturated heterocycles. The standard InChI is InChI=1S/C10H8ClN5O3S/c11-6-1-2-8(16(18)19)7(3-6)14-9(17)4-20-10-12-5-13-15-10/h1-3,5H,4H2,(H,14,17)(H,12,13,15). The van der Waals surface area contributed by atoms with Crippen molar-refractivity contribution < 1.29 is 9.72 Å². The summed E-state index contributed by atoms with van der Waals surface area (Å²) in [7, 11) is 0. The van der Waals surface area contributed by atoms with Crippen LogP contribution in [0.4, 0.5) is 11.4 Å². The van der Waals surface area contributed by atoms with Crippen LogP contribution in [-0.4, -0.2) is 31.8 Å². The number of amides is 1. The van der Waals surface area contributed by atoms with Crippen LogP contribution in [0, 0.1) is 10.1 Å². The number of carbonyl (C=O) groups is 1. The molecule has 0 atom stereocenters. The number of nitro benzene ring substituents is 1. The normalized spacial score (nSPS) is 10.2. The Kier molecular flexibility index (Phi) is 4.53. The minimum atomic E-state index is -0.588. The molecule has 104 valence electrons. The maximum Gasteiger partial charge on any atom is 0.292 e. The van der Waals surface area contributed by atoms with Crippen molar-refractivity contribution in [1.29, 1.82) is 0 Å². The van der Waals surface area contributed by atoms with Gasteiger partial charge in [-0.2, -0.15) is 5.10 Å². The van der Waals surface area contributed by atoms with E-state index in [1.165, 1.54) is 24.5 Å². The van der Waals surface area contributed by atoms with E-state index in [9.17, 15) is 14.9 Å². The minimum absolute atomic E-state index is 0.0405. The van der Waals surface area contributed by atoms with Crippen LogP contribution in [0.2, 0.25) is 5.02 Å². The van der Waals surface area contributed by atoms with Crippen LogP contribution in [-0.2, 0) is 4.79 Å². The molecule has 2 N–H and O–H groups in total. The first-order chi connectivity index (χ1) is 9.56. The molecule has 10 heteroatoms. The third-order valence-electron chi connectivity index (χ3n) is 2.16. The molecule has 2 aromatic rings. The van der Waals surface area contributed by atoms with Crippen LogP contribution >= 0.6 is 23.4 Å². The number of anilines is 1. The van der Waals surface area contributed by atoms with Crippen LogP contribution < -0.4 is 5.32 Å². The van der Waals surface area contributed by atoms with Gasteiger partial charge in [-0.15, -0.1) is 0 Å². The van der Waals surface area contributed by atoms with Crippen molar-refractivity contribution in [3.8, 4) is 0 Å². The molecule has 0 saturated carbocycles. The molecule has 0 radical (unpaired) electrons. The fraction of sp³-hybridized carbons (Fsp3) is 0.100. The number of nitrogens with one attached hydrogen (secondary N) is 2. The van der Waals surface area contributed by atoms with Crippen molar-refractivity contribution in [2.45, 2.75) is 5.16 Å². The van der Waals surface area contributed by atoms with E-state index >= 15 is 0 Å². The SMILES string of the molecule is O=C(CSc1ncn[nH]1)Nc1cc(Cl)ccc1[N+](=O)[O-]. The quantitative estimate of drug-likeness (QED) is 0.496. The van der Waals surface area contributed by atoms with Gasteiger partial charge < -0.3 is 5.32 Å². The van der Waals surface area contributed by atoms with Gasteiger partial charge in [0, 0.05) is 11.1 Å². The number of nitrogens with zero attached hydrogens (tertiary/aromatic N) is 3. The third kappa shape index (κ3) is 3.68. The van der Waals surface area contributed by atoms with E-state index in [2.05, 4.69) is 20.5 Å². The Morgan fingerprint density at radius 3 is 3.00 bits per heavy atom. The Hall–Kier alpha value is -2.13. The van der Waals surface area contributed by atoms with Crippen molar-refractivity contribution >= 4 is 40.6 Å². The average Bonchev–Trinajstić information content (AvgIpc) is 2.89. The van der Waals surface area contributed by atoms with Gasteiger partial charge in [0.25, 0.3) is 5.69 Å². The lowest BCUT2D eigenvalue weighted by molar-refractivity contribution is -0.383. The second-order valence-electron chi connectivity index (χ2n) is 3.55. The number of hydrogen-bond donors (Lipinski definition) is 2. The number of rotatable bonds is 5. The monoisotopic (exact) mass is 313 g/mol. The van der Waals surface area contributed by atoms with E-state index in [-0.39, 0.29) is 17.1 Å². The highest BCUT2D eigenvalue weighted by Gasteiger charge is 2.16. The topological polar surface area (TPSA) is 114 Å². The number of carbonyl (C=O) groups excluding carboxylic acids is 1. The molecule has 1 heterocycles. The number of thioether (sulfide) groups is 1. The number of nitro groups is 1. The molecule has 1 aromatic carbocycles. The van der Waals surface area contributed by atoms with Gasteiger partial charge in [0.15, 0.2) is 5.16 Å². The summed E-state index contributed by atoms with van der Waals surface area (Å²) in [5, 5.41) is 20.3. The molecule has 0 spiro atoms. The van der Waals surface area contributed by atoms with Gasteiger partial charge in [0.05, 0.1) is 10.7 Å². The van der Waals surface area contributed by atoms with Crippen molar-refractivity contribution in [2.75, 3.05) is 11.1 Å². The maximum atomic E-state index is 11.7. The van der Waals surface area contributed by atoms with Gasteiger partial charge >= 0.3 is 0 Å². The molecule has 0 aliphatic rings. The summed E-state index contributed by atoms with van der Waals surface area (Å²) in [6.07, 6.45) is 1.32. The van der Waals surface area contributed by atoms with Crippen molar-refractivity contribution in [1.82, 2.24) is 15.2 Å². The Balaban J connectivity index is 2.03. The first-order valence-electron chi connectivity index (χ1n) is 5.28. The van der Waals surface area contributed by atoms with Gasteiger partial charge in [0.2, 0.25) is 5.91 Å². The number of aromatic amines is 1. The predicted octanol–water partition coefficient (Wildman–Crippen LogP) is 2.10. The Morgan fingerprint density at radius 1 is 1.55 bits per heavy atom.